The SMILES string of the molecule is Cc1ccc(CCCNC(=O)C(C)Oc2ccc(C)cc2)cc1. The van der Waals surface area contributed by atoms with Gasteiger partial charge in [-0.2, -0.15) is 0 Å². The molecule has 2 rings (SSSR count). The minimum absolute atomic E-state index is 0.0746. The first-order valence-corrected chi connectivity index (χ1v) is 8.11. The fourth-order valence-electron chi connectivity index (χ4n) is 2.28. The molecule has 0 saturated carbocycles. The van der Waals surface area contributed by atoms with Crippen molar-refractivity contribution in [1.29, 1.82) is 0 Å². The van der Waals surface area contributed by atoms with Gasteiger partial charge in [-0.1, -0.05) is 47.5 Å². The number of hydrogen-bond acceptors (Lipinski definition) is 2. The van der Waals surface area contributed by atoms with Crippen molar-refractivity contribution in [3.63, 3.8) is 0 Å². The van der Waals surface area contributed by atoms with Gasteiger partial charge in [0.1, 0.15) is 5.75 Å². The summed E-state index contributed by atoms with van der Waals surface area (Å²) in [5, 5.41) is 2.93. The van der Waals surface area contributed by atoms with Crippen LogP contribution < -0.4 is 10.1 Å². The molecule has 0 radical (unpaired) electrons. The molecule has 0 heterocycles. The van der Waals surface area contributed by atoms with Crippen molar-refractivity contribution in [3.05, 3.63) is 65.2 Å². The molecular weight excluding hydrogens is 286 g/mol. The van der Waals surface area contributed by atoms with Crippen molar-refractivity contribution >= 4 is 5.91 Å². The van der Waals surface area contributed by atoms with Crippen molar-refractivity contribution in [2.45, 2.75) is 39.7 Å². The summed E-state index contributed by atoms with van der Waals surface area (Å²) in [7, 11) is 0. The number of carbonyl (C=O) groups is 1. The first-order chi connectivity index (χ1) is 11.0. The van der Waals surface area contributed by atoms with Crippen LogP contribution in [-0.4, -0.2) is 18.6 Å². The van der Waals surface area contributed by atoms with Crippen LogP contribution >= 0.6 is 0 Å². The summed E-state index contributed by atoms with van der Waals surface area (Å²) < 4.78 is 5.65. The maximum absolute atomic E-state index is 12.0. The number of ether oxygens (including phenoxy) is 1. The van der Waals surface area contributed by atoms with E-state index in [2.05, 4.69) is 36.5 Å². The molecule has 122 valence electrons. The van der Waals surface area contributed by atoms with Crippen LogP contribution in [0.4, 0.5) is 0 Å². The minimum Gasteiger partial charge on any atom is -0.481 e. The summed E-state index contributed by atoms with van der Waals surface area (Å²) in [6, 6.07) is 16.2. The average Bonchev–Trinajstić information content (AvgIpc) is 2.55. The molecular formula is C20H25NO2. The zero-order valence-electron chi connectivity index (χ0n) is 14.1. The van der Waals surface area contributed by atoms with E-state index < -0.39 is 6.10 Å². The van der Waals surface area contributed by atoms with Crippen LogP contribution in [0, 0.1) is 13.8 Å². The Kier molecular flexibility index (Phi) is 6.21. The maximum atomic E-state index is 12.0. The fourth-order valence-corrected chi connectivity index (χ4v) is 2.28. The lowest BCUT2D eigenvalue weighted by molar-refractivity contribution is -0.127. The molecule has 1 atom stereocenters. The molecule has 0 bridgehead atoms. The van der Waals surface area contributed by atoms with E-state index >= 15 is 0 Å². The van der Waals surface area contributed by atoms with Crippen molar-refractivity contribution in [2.24, 2.45) is 0 Å². The molecule has 0 fully saturated rings. The van der Waals surface area contributed by atoms with E-state index in [9.17, 15) is 4.79 Å². The number of hydrogen-bond donors (Lipinski definition) is 1. The van der Waals surface area contributed by atoms with Crippen LogP contribution in [0.1, 0.15) is 30.0 Å². The minimum atomic E-state index is -0.489. The molecule has 0 aliphatic carbocycles. The van der Waals surface area contributed by atoms with Gasteiger partial charge in [0.25, 0.3) is 5.91 Å². The molecule has 0 aliphatic heterocycles. The molecule has 3 heteroatoms. The van der Waals surface area contributed by atoms with Crippen LogP contribution in [-0.2, 0) is 11.2 Å². The lowest BCUT2D eigenvalue weighted by Crippen LogP contribution is -2.36. The summed E-state index contributed by atoms with van der Waals surface area (Å²) in [6.07, 6.45) is 1.40. The predicted octanol–water partition coefficient (Wildman–Crippen LogP) is 3.82. The summed E-state index contributed by atoms with van der Waals surface area (Å²) in [5.74, 6) is 0.646. The summed E-state index contributed by atoms with van der Waals surface area (Å²) in [4.78, 5) is 12.0. The van der Waals surface area contributed by atoms with Gasteiger partial charge in [-0.15, -0.1) is 0 Å². The van der Waals surface area contributed by atoms with Gasteiger partial charge in [-0.05, 0) is 51.3 Å². The monoisotopic (exact) mass is 311 g/mol. The largest absolute Gasteiger partial charge is 0.481 e. The highest BCUT2D eigenvalue weighted by Gasteiger charge is 2.13. The molecule has 2 aromatic rings. The highest BCUT2D eigenvalue weighted by Crippen LogP contribution is 2.13. The molecule has 1 unspecified atom stereocenters. The Balaban J connectivity index is 1.69. The molecule has 0 aromatic heterocycles. The van der Waals surface area contributed by atoms with E-state index in [1.165, 1.54) is 16.7 Å². The topological polar surface area (TPSA) is 38.3 Å². The predicted molar refractivity (Wildman–Crippen MR) is 93.8 cm³/mol. The second kappa shape index (κ2) is 8.37. The molecule has 1 amide bonds. The van der Waals surface area contributed by atoms with Gasteiger partial charge >= 0.3 is 0 Å². The van der Waals surface area contributed by atoms with Crippen LogP contribution in [0.2, 0.25) is 0 Å². The molecule has 0 aliphatic rings. The van der Waals surface area contributed by atoms with E-state index in [4.69, 9.17) is 4.74 Å². The van der Waals surface area contributed by atoms with Gasteiger partial charge in [0.05, 0.1) is 0 Å². The third-order valence-corrected chi connectivity index (χ3v) is 3.77. The Morgan fingerprint density at radius 3 is 2.17 bits per heavy atom. The van der Waals surface area contributed by atoms with E-state index in [0.29, 0.717) is 6.54 Å². The summed E-state index contributed by atoms with van der Waals surface area (Å²) in [5.41, 5.74) is 3.74. The first-order valence-electron chi connectivity index (χ1n) is 8.11. The molecule has 2 aromatic carbocycles. The standard InChI is InChI=1S/C20H25NO2/c1-15-6-10-18(11-7-15)5-4-14-21-20(22)17(3)23-19-12-8-16(2)9-13-19/h6-13,17H,4-5,14H2,1-3H3,(H,21,22). The average molecular weight is 311 g/mol. The molecule has 0 spiro atoms. The second-order valence-electron chi connectivity index (χ2n) is 5.95. The third kappa shape index (κ3) is 5.78. The Morgan fingerprint density at radius 1 is 1.00 bits per heavy atom. The Hall–Kier alpha value is -2.29. The number of carbonyl (C=O) groups excluding carboxylic acids is 1. The highest BCUT2D eigenvalue weighted by atomic mass is 16.5. The number of nitrogens with one attached hydrogen (secondary N) is 1. The van der Waals surface area contributed by atoms with Gasteiger partial charge in [-0.25, -0.2) is 0 Å². The van der Waals surface area contributed by atoms with Crippen molar-refractivity contribution in [1.82, 2.24) is 5.32 Å². The van der Waals surface area contributed by atoms with Crippen molar-refractivity contribution in [3.8, 4) is 5.75 Å². The lowest BCUT2D eigenvalue weighted by atomic mass is 10.1. The number of benzene rings is 2. The fraction of sp³-hybridized carbons (Fsp3) is 0.350. The molecule has 0 saturated heterocycles. The second-order valence-corrected chi connectivity index (χ2v) is 5.95. The normalized spacial score (nSPS) is 11.8. The Morgan fingerprint density at radius 2 is 1.57 bits per heavy atom. The maximum Gasteiger partial charge on any atom is 0.260 e. The number of rotatable bonds is 7. The van der Waals surface area contributed by atoms with E-state index in [1.54, 1.807) is 6.92 Å². The van der Waals surface area contributed by atoms with Crippen molar-refractivity contribution < 1.29 is 9.53 Å². The van der Waals surface area contributed by atoms with Gasteiger partial charge in [0.2, 0.25) is 0 Å². The van der Waals surface area contributed by atoms with Crippen LogP contribution in [0.5, 0.6) is 5.75 Å². The van der Waals surface area contributed by atoms with Crippen LogP contribution in [0.25, 0.3) is 0 Å². The Labute approximate surface area is 138 Å². The Bertz CT molecular complexity index is 617. The van der Waals surface area contributed by atoms with E-state index in [1.807, 2.05) is 31.2 Å². The number of aryl methyl sites for hydroxylation is 3. The molecule has 23 heavy (non-hydrogen) atoms. The van der Waals surface area contributed by atoms with E-state index in [-0.39, 0.29) is 5.91 Å². The first kappa shape index (κ1) is 17.1. The third-order valence-electron chi connectivity index (χ3n) is 3.77. The molecule has 3 nitrogen and oxygen atoms in total. The zero-order chi connectivity index (χ0) is 16.7. The van der Waals surface area contributed by atoms with Crippen molar-refractivity contribution in [2.75, 3.05) is 6.54 Å². The van der Waals surface area contributed by atoms with Gasteiger partial charge in [0, 0.05) is 6.54 Å². The number of amides is 1. The summed E-state index contributed by atoms with van der Waals surface area (Å²) in [6.45, 7) is 6.54. The quantitative estimate of drug-likeness (QED) is 0.789. The van der Waals surface area contributed by atoms with Gasteiger partial charge < -0.3 is 10.1 Å². The van der Waals surface area contributed by atoms with Crippen LogP contribution in [0.3, 0.4) is 0 Å². The highest BCUT2D eigenvalue weighted by molar-refractivity contribution is 5.80. The van der Waals surface area contributed by atoms with Gasteiger partial charge in [0.15, 0.2) is 6.10 Å². The summed E-state index contributed by atoms with van der Waals surface area (Å²) >= 11 is 0. The molecule has 1 N–H and O–H groups in total. The smallest absolute Gasteiger partial charge is 0.260 e. The lowest BCUT2D eigenvalue weighted by Gasteiger charge is -2.15. The van der Waals surface area contributed by atoms with E-state index in [0.717, 1.165) is 18.6 Å². The zero-order valence-corrected chi connectivity index (χ0v) is 14.1. The van der Waals surface area contributed by atoms with Gasteiger partial charge in [-0.3, -0.25) is 4.79 Å². The van der Waals surface area contributed by atoms with Crippen LogP contribution in [0.15, 0.2) is 48.5 Å².